The van der Waals surface area contributed by atoms with Gasteiger partial charge in [-0.3, -0.25) is 4.79 Å². The monoisotopic (exact) mass is 294 g/mol. The summed E-state index contributed by atoms with van der Waals surface area (Å²) in [5, 5.41) is 12.5. The second-order valence-electron chi connectivity index (χ2n) is 4.77. The van der Waals surface area contributed by atoms with E-state index in [4.69, 9.17) is 14.4 Å². The zero-order valence-corrected chi connectivity index (χ0v) is 11.7. The van der Waals surface area contributed by atoms with Crippen LogP contribution in [0.25, 0.3) is 11.4 Å². The third-order valence-electron chi connectivity index (χ3n) is 2.92. The molecule has 1 aromatic heterocycles. The molecule has 0 aliphatic heterocycles. The zero-order chi connectivity index (χ0) is 15.4. The topological polar surface area (TPSA) is 85.5 Å². The lowest BCUT2D eigenvalue weighted by atomic mass is 10.0. The van der Waals surface area contributed by atoms with Crippen molar-refractivity contribution in [2.24, 2.45) is 5.92 Å². The molecule has 1 aromatic carbocycles. The molecule has 1 atom stereocenters. The molecule has 0 saturated heterocycles. The van der Waals surface area contributed by atoms with Gasteiger partial charge in [-0.1, -0.05) is 12.1 Å². The molecule has 21 heavy (non-hydrogen) atoms. The molecular formula is C14H15FN2O4. The normalized spacial score (nSPS) is 12.1. The minimum Gasteiger partial charge on any atom is -0.494 e. The van der Waals surface area contributed by atoms with E-state index in [2.05, 4.69) is 10.1 Å². The SMILES string of the molecule is COc1cc(-c2noc(CC(C)CC(=O)O)n2)ccc1F. The summed E-state index contributed by atoms with van der Waals surface area (Å²) in [5.41, 5.74) is 0.564. The van der Waals surface area contributed by atoms with Crippen molar-refractivity contribution in [2.75, 3.05) is 7.11 Å². The van der Waals surface area contributed by atoms with Crippen molar-refractivity contribution in [3.8, 4) is 17.1 Å². The number of hydrogen-bond donors (Lipinski definition) is 1. The summed E-state index contributed by atoms with van der Waals surface area (Å²) in [6.45, 7) is 1.79. The lowest BCUT2D eigenvalue weighted by molar-refractivity contribution is -0.137. The Hall–Kier alpha value is -2.44. The highest BCUT2D eigenvalue weighted by atomic mass is 19.1. The van der Waals surface area contributed by atoms with E-state index < -0.39 is 11.8 Å². The quantitative estimate of drug-likeness (QED) is 0.881. The molecule has 0 bridgehead atoms. The van der Waals surface area contributed by atoms with E-state index in [0.717, 1.165) is 0 Å². The van der Waals surface area contributed by atoms with Gasteiger partial charge in [-0.25, -0.2) is 4.39 Å². The largest absolute Gasteiger partial charge is 0.494 e. The van der Waals surface area contributed by atoms with E-state index in [0.29, 0.717) is 23.7 Å². The van der Waals surface area contributed by atoms with Gasteiger partial charge in [-0.05, 0) is 24.1 Å². The third-order valence-corrected chi connectivity index (χ3v) is 2.92. The molecule has 1 heterocycles. The Kier molecular flexibility index (Phi) is 4.52. The van der Waals surface area contributed by atoms with Gasteiger partial charge >= 0.3 is 5.97 Å². The number of aliphatic carboxylic acids is 1. The summed E-state index contributed by atoms with van der Waals surface area (Å²) in [7, 11) is 1.37. The van der Waals surface area contributed by atoms with Crippen LogP contribution in [0, 0.1) is 11.7 Å². The first-order valence-electron chi connectivity index (χ1n) is 6.38. The predicted molar refractivity (Wildman–Crippen MR) is 71.4 cm³/mol. The van der Waals surface area contributed by atoms with Crippen molar-refractivity contribution >= 4 is 5.97 Å². The molecule has 1 N–H and O–H groups in total. The van der Waals surface area contributed by atoms with Crippen LogP contribution in [0.5, 0.6) is 5.75 Å². The van der Waals surface area contributed by atoms with Crippen molar-refractivity contribution in [3.05, 3.63) is 29.9 Å². The molecule has 112 valence electrons. The summed E-state index contributed by atoms with van der Waals surface area (Å²) in [4.78, 5) is 14.8. The fourth-order valence-corrected chi connectivity index (χ4v) is 1.92. The van der Waals surface area contributed by atoms with Gasteiger partial charge in [-0.15, -0.1) is 0 Å². The van der Waals surface area contributed by atoms with E-state index in [9.17, 15) is 9.18 Å². The molecule has 2 rings (SSSR count). The molecular weight excluding hydrogens is 279 g/mol. The molecule has 6 nitrogen and oxygen atoms in total. The van der Waals surface area contributed by atoms with Crippen molar-refractivity contribution in [1.29, 1.82) is 0 Å². The van der Waals surface area contributed by atoms with Crippen LogP contribution >= 0.6 is 0 Å². The van der Waals surface area contributed by atoms with E-state index in [-0.39, 0.29) is 18.1 Å². The smallest absolute Gasteiger partial charge is 0.303 e. The highest BCUT2D eigenvalue weighted by Crippen LogP contribution is 2.24. The molecule has 2 aromatic rings. The Morgan fingerprint density at radius 1 is 1.52 bits per heavy atom. The summed E-state index contributed by atoms with van der Waals surface area (Å²) in [6.07, 6.45) is 0.402. The average Bonchev–Trinajstić information content (AvgIpc) is 2.86. The first kappa shape index (κ1) is 15.0. The minimum atomic E-state index is -0.870. The fraction of sp³-hybridized carbons (Fsp3) is 0.357. The molecule has 7 heteroatoms. The van der Waals surface area contributed by atoms with Gasteiger partial charge in [0.1, 0.15) is 0 Å². The second kappa shape index (κ2) is 6.34. The van der Waals surface area contributed by atoms with Crippen molar-refractivity contribution in [1.82, 2.24) is 10.1 Å². The second-order valence-corrected chi connectivity index (χ2v) is 4.77. The molecule has 0 fully saturated rings. The maximum atomic E-state index is 13.3. The predicted octanol–water partition coefficient (Wildman–Crippen LogP) is 2.54. The fourth-order valence-electron chi connectivity index (χ4n) is 1.92. The van der Waals surface area contributed by atoms with Gasteiger partial charge < -0.3 is 14.4 Å². The van der Waals surface area contributed by atoms with Crippen LogP contribution in [0.1, 0.15) is 19.2 Å². The average molecular weight is 294 g/mol. The molecule has 1 unspecified atom stereocenters. The Bertz CT molecular complexity index is 642. The van der Waals surface area contributed by atoms with Crippen LogP contribution in [-0.2, 0) is 11.2 Å². The number of carboxylic acid groups (broad SMARTS) is 1. The number of ether oxygens (including phenoxy) is 1. The van der Waals surface area contributed by atoms with E-state index in [1.54, 1.807) is 6.92 Å². The van der Waals surface area contributed by atoms with Crippen molar-refractivity contribution < 1.29 is 23.6 Å². The Morgan fingerprint density at radius 2 is 2.29 bits per heavy atom. The van der Waals surface area contributed by atoms with Gasteiger partial charge in [0.15, 0.2) is 11.6 Å². The summed E-state index contributed by atoms with van der Waals surface area (Å²) in [5.74, 6) is -0.699. The lowest BCUT2D eigenvalue weighted by Crippen LogP contribution is -2.07. The highest BCUT2D eigenvalue weighted by Gasteiger charge is 2.15. The maximum Gasteiger partial charge on any atom is 0.303 e. The number of methoxy groups -OCH3 is 1. The number of carboxylic acids is 1. The van der Waals surface area contributed by atoms with Gasteiger partial charge in [0, 0.05) is 18.4 Å². The Morgan fingerprint density at radius 3 is 2.95 bits per heavy atom. The van der Waals surface area contributed by atoms with Gasteiger partial charge in [0.2, 0.25) is 11.7 Å². The van der Waals surface area contributed by atoms with E-state index >= 15 is 0 Å². The van der Waals surface area contributed by atoms with Crippen molar-refractivity contribution in [2.45, 2.75) is 19.8 Å². The molecule has 0 spiro atoms. The molecule has 0 saturated carbocycles. The Labute approximate surface area is 120 Å². The number of hydrogen-bond acceptors (Lipinski definition) is 5. The number of rotatable bonds is 6. The minimum absolute atomic E-state index is 0.0298. The third kappa shape index (κ3) is 3.77. The summed E-state index contributed by atoms with van der Waals surface area (Å²) >= 11 is 0. The van der Waals surface area contributed by atoms with Gasteiger partial charge in [0.05, 0.1) is 7.11 Å². The van der Waals surface area contributed by atoms with Gasteiger partial charge in [-0.2, -0.15) is 4.98 Å². The first-order chi connectivity index (χ1) is 9.99. The van der Waals surface area contributed by atoms with Gasteiger partial charge in [0.25, 0.3) is 0 Å². The number of nitrogens with zero attached hydrogens (tertiary/aromatic N) is 2. The van der Waals surface area contributed by atoms with Crippen LogP contribution in [0.2, 0.25) is 0 Å². The number of carbonyl (C=O) groups is 1. The van der Waals surface area contributed by atoms with E-state index in [1.165, 1.54) is 25.3 Å². The zero-order valence-electron chi connectivity index (χ0n) is 11.7. The number of aromatic nitrogens is 2. The standard InChI is InChI=1S/C14H15FN2O4/c1-8(6-13(18)19)5-12-16-14(17-21-12)9-3-4-10(15)11(7-9)20-2/h3-4,7-8H,5-6H2,1-2H3,(H,18,19). The Balaban J connectivity index is 2.14. The molecule has 0 aliphatic rings. The first-order valence-corrected chi connectivity index (χ1v) is 6.38. The number of halogens is 1. The summed E-state index contributed by atoms with van der Waals surface area (Å²) < 4.78 is 23.3. The van der Waals surface area contributed by atoms with Crippen LogP contribution in [0.15, 0.2) is 22.7 Å². The lowest BCUT2D eigenvalue weighted by Gasteiger charge is -2.03. The van der Waals surface area contributed by atoms with Crippen LogP contribution in [0.4, 0.5) is 4.39 Å². The van der Waals surface area contributed by atoms with Crippen LogP contribution < -0.4 is 4.74 Å². The number of benzene rings is 1. The van der Waals surface area contributed by atoms with Crippen molar-refractivity contribution in [3.63, 3.8) is 0 Å². The highest BCUT2D eigenvalue weighted by molar-refractivity contribution is 5.67. The summed E-state index contributed by atoms with van der Waals surface area (Å²) in [6, 6.07) is 4.26. The molecule has 0 radical (unpaired) electrons. The van der Waals surface area contributed by atoms with E-state index in [1.807, 2.05) is 0 Å². The molecule has 0 amide bonds. The van der Waals surface area contributed by atoms with Crippen LogP contribution in [-0.4, -0.2) is 28.3 Å². The maximum absolute atomic E-state index is 13.3. The van der Waals surface area contributed by atoms with Crippen LogP contribution in [0.3, 0.4) is 0 Å². The molecule has 0 aliphatic carbocycles.